The number of carbonyl (C=O) groups is 5. The maximum Gasteiger partial charge on any atom is 0.426 e. The van der Waals surface area contributed by atoms with Crippen molar-refractivity contribution in [2.24, 2.45) is 17.8 Å². The number of hydrogen-bond acceptors (Lipinski definition) is 17. The number of likely N-dealkylation sites (tertiary alicyclic amines) is 1. The van der Waals surface area contributed by atoms with Crippen LogP contribution in [0.5, 0.6) is 5.75 Å². The van der Waals surface area contributed by atoms with Gasteiger partial charge < -0.3 is 35.2 Å². The van der Waals surface area contributed by atoms with E-state index in [0.717, 1.165) is 59.9 Å². The van der Waals surface area contributed by atoms with Crippen LogP contribution in [0.2, 0.25) is 0 Å². The molecule has 0 bridgehead atoms. The van der Waals surface area contributed by atoms with Gasteiger partial charge in [-0.05, 0) is 92.1 Å². The number of likely N-dealkylation sites (N-methyl/N-ethyl adjacent to an activating group) is 1. The first kappa shape index (κ1) is 58.5. The van der Waals surface area contributed by atoms with E-state index in [1.807, 2.05) is 46.6 Å². The Balaban J connectivity index is 1.41. The van der Waals surface area contributed by atoms with Gasteiger partial charge in [-0.15, -0.1) is 11.3 Å². The molecule has 1 aliphatic heterocycles. The zero-order valence-corrected chi connectivity index (χ0v) is 44.1. The normalized spacial score (nSPS) is 16.4. The van der Waals surface area contributed by atoms with Gasteiger partial charge in [-0.1, -0.05) is 83.7 Å². The highest BCUT2D eigenvalue weighted by Gasteiger charge is 2.38. The Labute approximate surface area is 428 Å². The number of piperidine rings is 1. The molecule has 20 nitrogen and oxygen atoms in total. The molecule has 4 rings (SSSR count). The Kier molecular flexibility index (Phi) is 24.8. The molecule has 5 amide bonds. The van der Waals surface area contributed by atoms with Gasteiger partial charge in [0.05, 0.1) is 11.0 Å². The Morgan fingerprint density at radius 1 is 1.03 bits per heavy atom. The van der Waals surface area contributed by atoms with Crippen LogP contribution < -0.4 is 21.5 Å². The van der Waals surface area contributed by atoms with Gasteiger partial charge in [-0.25, -0.2) is 20.2 Å². The molecule has 1 aromatic carbocycles. The third kappa shape index (κ3) is 18.8. The van der Waals surface area contributed by atoms with Crippen LogP contribution in [-0.4, -0.2) is 128 Å². The van der Waals surface area contributed by atoms with Crippen LogP contribution in [0, 0.1) is 27.9 Å². The summed E-state index contributed by atoms with van der Waals surface area (Å²) in [6, 6.07) is 6.93. The third-order valence-corrected chi connectivity index (χ3v) is 15.5. The van der Waals surface area contributed by atoms with Crippen LogP contribution in [0.4, 0.5) is 10.5 Å². The van der Waals surface area contributed by atoms with Crippen LogP contribution in [0.15, 0.2) is 53.0 Å². The molecule has 1 saturated heterocycles. The molecule has 392 valence electrons. The molecule has 1 fully saturated rings. The number of carbonyl (C=O) groups excluding carboxylic acids is 5. The highest BCUT2D eigenvalue weighted by atomic mass is 33.1. The maximum atomic E-state index is 14.7. The lowest BCUT2D eigenvalue weighted by Gasteiger charge is -2.39. The SMILES string of the molecule is CCCCOCN(C(=O)[C@@H](NC(=O)[C@H]1CCCCN1C)[C@@H](C)CC)[C@H](C[C@@H](O)c1nc(C(=O)N[C@@H](Cc2ccc(O)cc2)C[C@H](C)C(=O)NNC(=O)OCCSSc2ncccc2[N+](=O)[O-])cs1)C(C)C. The molecular formula is C48H71N9O11S3. The van der Waals surface area contributed by atoms with Crippen LogP contribution in [0.1, 0.15) is 120 Å². The summed E-state index contributed by atoms with van der Waals surface area (Å²) in [7, 11) is 4.21. The summed E-state index contributed by atoms with van der Waals surface area (Å²) < 4.78 is 11.2. The summed E-state index contributed by atoms with van der Waals surface area (Å²) in [5.74, 6) is -2.31. The molecule has 0 saturated carbocycles. The summed E-state index contributed by atoms with van der Waals surface area (Å²) in [6.07, 6.45) is 4.83. The van der Waals surface area contributed by atoms with Crippen molar-refractivity contribution in [1.82, 2.24) is 41.3 Å². The van der Waals surface area contributed by atoms with Gasteiger partial charge in [-0.3, -0.25) is 39.6 Å². The number of hydrazine groups is 1. The minimum Gasteiger partial charge on any atom is -0.508 e. The number of amides is 5. The number of aliphatic hydroxyl groups is 1. The minimum atomic E-state index is -1.17. The number of aliphatic hydroxyl groups excluding tert-OH is 1. The summed E-state index contributed by atoms with van der Waals surface area (Å²) in [5.41, 5.74) is 5.23. The predicted molar refractivity (Wildman–Crippen MR) is 273 cm³/mol. The number of pyridine rings is 1. The number of ether oxygens (including phenoxy) is 2. The standard InChI is InChI=1S/C48H71N9O11S3/c1-8-10-22-67-29-56(47(63)41(31(5)9-2)52-44(62)37-14-11-12-21-55(37)7)39(30(3)4)27-40(59)46-51-36(28-69-46)43(61)50-34(26-33-16-18-35(58)19-17-33)25-32(6)42(60)53-54-48(64)68-23-24-70-71-45-38(57(65)66)15-13-20-49-45/h13,15-20,28,30-32,34,37,39-41,58-59H,8-12,14,21-27,29H2,1-7H3,(H,50,61)(H,52,62)(H,53,60)(H,54,64)/t31-,32-,34+,37+,39+,40+,41-/m0/s1. The number of unbranched alkanes of at least 4 members (excludes halogenated alkanes) is 1. The van der Waals surface area contributed by atoms with Crippen molar-refractivity contribution >= 4 is 68.3 Å². The number of rotatable bonds is 28. The largest absolute Gasteiger partial charge is 0.508 e. The molecule has 23 heteroatoms. The van der Waals surface area contributed by atoms with Crippen molar-refractivity contribution in [3.8, 4) is 5.75 Å². The molecule has 3 heterocycles. The second-order valence-electron chi connectivity index (χ2n) is 18.1. The van der Waals surface area contributed by atoms with Gasteiger partial charge in [0.15, 0.2) is 5.03 Å². The summed E-state index contributed by atoms with van der Waals surface area (Å²) >= 11 is 1.10. The van der Waals surface area contributed by atoms with E-state index in [1.165, 1.54) is 46.6 Å². The lowest BCUT2D eigenvalue weighted by atomic mass is 9.92. The number of phenols is 1. The van der Waals surface area contributed by atoms with Crippen LogP contribution in [0.25, 0.3) is 0 Å². The van der Waals surface area contributed by atoms with E-state index in [0.29, 0.717) is 19.4 Å². The minimum absolute atomic E-state index is 0.0329. The summed E-state index contributed by atoms with van der Waals surface area (Å²) in [4.78, 5) is 90.7. The molecule has 3 aromatic rings. The van der Waals surface area contributed by atoms with Gasteiger partial charge in [0.1, 0.15) is 41.9 Å². The molecule has 71 heavy (non-hydrogen) atoms. The number of benzene rings is 1. The lowest BCUT2D eigenvalue weighted by Crippen LogP contribution is -2.59. The molecule has 6 N–H and O–H groups in total. The van der Waals surface area contributed by atoms with E-state index in [4.69, 9.17) is 9.47 Å². The van der Waals surface area contributed by atoms with Crippen LogP contribution in [-0.2, 0) is 30.3 Å². The van der Waals surface area contributed by atoms with Crippen LogP contribution >= 0.6 is 32.9 Å². The fourth-order valence-electron chi connectivity index (χ4n) is 7.91. The zero-order valence-electron chi connectivity index (χ0n) is 41.7. The Morgan fingerprint density at radius 2 is 1.77 bits per heavy atom. The Morgan fingerprint density at radius 3 is 2.45 bits per heavy atom. The zero-order chi connectivity index (χ0) is 52.0. The average molecular weight is 1050 g/mol. The van der Waals surface area contributed by atoms with Gasteiger partial charge >= 0.3 is 11.8 Å². The fourth-order valence-corrected chi connectivity index (χ4v) is 10.6. The molecule has 1 aliphatic rings. The highest BCUT2D eigenvalue weighted by molar-refractivity contribution is 8.76. The van der Waals surface area contributed by atoms with E-state index < -0.39 is 53.0 Å². The number of nitrogens with one attached hydrogen (secondary N) is 4. The maximum absolute atomic E-state index is 14.7. The third-order valence-electron chi connectivity index (χ3n) is 12.3. The second-order valence-corrected chi connectivity index (χ2v) is 21.4. The number of nitro groups is 1. The quantitative estimate of drug-likeness (QED) is 0.0144. The van der Waals surface area contributed by atoms with E-state index in [2.05, 4.69) is 31.5 Å². The molecule has 0 unspecified atom stereocenters. The number of hydrogen-bond donors (Lipinski definition) is 6. The molecule has 0 aliphatic carbocycles. The van der Waals surface area contributed by atoms with Gasteiger partial charge in [0.25, 0.3) is 5.91 Å². The molecule has 7 atom stereocenters. The van der Waals surface area contributed by atoms with Gasteiger partial charge in [-0.2, -0.15) is 0 Å². The summed E-state index contributed by atoms with van der Waals surface area (Å²) in [5, 5.41) is 41.0. The molecular weight excluding hydrogens is 975 g/mol. The highest BCUT2D eigenvalue weighted by Crippen LogP contribution is 2.35. The number of nitrogens with zero attached hydrogens (tertiary/aromatic N) is 5. The van der Waals surface area contributed by atoms with E-state index >= 15 is 0 Å². The van der Waals surface area contributed by atoms with Crippen molar-refractivity contribution < 1.29 is 48.6 Å². The first-order chi connectivity index (χ1) is 33.9. The second kappa shape index (κ2) is 30.1. The Hall–Kier alpha value is -5.07. The number of phenolic OH excluding ortho intramolecular Hbond substituents is 1. The van der Waals surface area contributed by atoms with E-state index in [9.17, 15) is 44.3 Å². The first-order valence-electron chi connectivity index (χ1n) is 24.2. The van der Waals surface area contributed by atoms with E-state index in [1.54, 1.807) is 24.0 Å². The van der Waals surface area contributed by atoms with E-state index in [-0.39, 0.29) is 95.2 Å². The smallest absolute Gasteiger partial charge is 0.426 e. The number of aromatic hydroxyl groups is 1. The van der Waals surface area contributed by atoms with Gasteiger partial charge in [0.2, 0.25) is 17.7 Å². The number of thiazole rings is 1. The molecule has 0 radical (unpaired) electrons. The van der Waals surface area contributed by atoms with Crippen molar-refractivity contribution in [3.63, 3.8) is 0 Å². The first-order valence-corrected chi connectivity index (χ1v) is 27.4. The summed E-state index contributed by atoms with van der Waals surface area (Å²) in [6.45, 7) is 12.7. The predicted octanol–water partition coefficient (Wildman–Crippen LogP) is 6.78. The Bertz CT molecular complexity index is 2190. The monoisotopic (exact) mass is 1050 g/mol. The number of aromatic nitrogens is 2. The fraction of sp³-hybridized carbons (Fsp3) is 0.604. The van der Waals surface area contributed by atoms with Crippen molar-refractivity contribution in [2.45, 2.75) is 135 Å². The average Bonchev–Trinajstić information content (AvgIpc) is 3.86. The molecule has 0 spiro atoms. The van der Waals surface area contributed by atoms with Crippen molar-refractivity contribution in [1.29, 1.82) is 0 Å². The van der Waals surface area contributed by atoms with Crippen LogP contribution in [0.3, 0.4) is 0 Å². The lowest BCUT2D eigenvalue weighted by molar-refractivity contribution is -0.388. The van der Waals surface area contributed by atoms with Crippen molar-refractivity contribution in [3.05, 3.63) is 74.4 Å². The topological polar surface area (TPSA) is 268 Å². The molecule has 2 aromatic heterocycles. The van der Waals surface area contributed by atoms with Gasteiger partial charge in [0, 0.05) is 54.4 Å². The van der Waals surface area contributed by atoms with Crippen molar-refractivity contribution in [2.75, 3.05) is 39.3 Å².